The van der Waals surface area contributed by atoms with Crippen LogP contribution in [0.4, 0.5) is 14.9 Å². The van der Waals surface area contributed by atoms with Gasteiger partial charge in [0.05, 0.1) is 24.5 Å². The zero-order valence-corrected chi connectivity index (χ0v) is 11.5. The summed E-state index contributed by atoms with van der Waals surface area (Å²) in [7, 11) is 1.57. The first-order valence-corrected chi connectivity index (χ1v) is 6.42. The Hall–Kier alpha value is -2.47. The van der Waals surface area contributed by atoms with E-state index in [4.69, 9.17) is 0 Å². The van der Waals surface area contributed by atoms with E-state index in [1.165, 1.54) is 35.4 Å². The monoisotopic (exact) mass is 289 g/mol. The van der Waals surface area contributed by atoms with E-state index >= 15 is 0 Å². The Bertz CT molecular complexity index is 590. The van der Waals surface area contributed by atoms with E-state index in [-0.39, 0.29) is 18.4 Å². The fourth-order valence-electron chi connectivity index (χ4n) is 1.79. The molecule has 21 heavy (non-hydrogen) atoms. The standard InChI is InChI=1S/C15H16FN3O2/c1-19(15(21)18-13-3-2-8-17-9-13)10-14(20)11-4-6-12(16)7-5-11/h2-9,14,20H,10H2,1H3,(H,18,21)/t14-/m0/s1. The maximum Gasteiger partial charge on any atom is 0.321 e. The van der Waals surface area contributed by atoms with Crippen molar-refractivity contribution in [1.82, 2.24) is 9.88 Å². The first-order valence-electron chi connectivity index (χ1n) is 6.42. The van der Waals surface area contributed by atoms with Gasteiger partial charge in [0.2, 0.25) is 0 Å². The average Bonchev–Trinajstić information content (AvgIpc) is 2.48. The van der Waals surface area contributed by atoms with Crippen LogP contribution in [-0.2, 0) is 0 Å². The molecule has 0 unspecified atom stereocenters. The van der Waals surface area contributed by atoms with Gasteiger partial charge in [-0.3, -0.25) is 4.98 Å². The molecule has 2 N–H and O–H groups in total. The zero-order chi connectivity index (χ0) is 15.2. The fourth-order valence-corrected chi connectivity index (χ4v) is 1.79. The zero-order valence-electron chi connectivity index (χ0n) is 11.5. The van der Waals surface area contributed by atoms with E-state index in [9.17, 15) is 14.3 Å². The number of benzene rings is 1. The third kappa shape index (κ3) is 4.25. The van der Waals surface area contributed by atoms with Crippen LogP contribution in [-0.4, -0.2) is 34.6 Å². The van der Waals surface area contributed by atoms with Crippen LogP contribution in [0.15, 0.2) is 48.8 Å². The highest BCUT2D eigenvalue weighted by atomic mass is 19.1. The van der Waals surface area contributed by atoms with Gasteiger partial charge >= 0.3 is 6.03 Å². The van der Waals surface area contributed by atoms with Gasteiger partial charge in [-0.2, -0.15) is 0 Å². The van der Waals surface area contributed by atoms with Gasteiger partial charge in [0, 0.05) is 13.2 Å². The number of hydrogen-bond acceptors (Lipinski definition) is 3. The van der Waals surface area contributed by atoms with Gasteiger partial charge in [0.15, 0.2) is 0 Å². The number of halogens is 1. The molecule has 1 atom stereocenters. The van der Waals surface area contributed by atoms with Crippen molar-refractivity contribution >= 4 is 11.7 Å². The van der Waals surface area contributed by atoms with Crippen molar-refractivity contribution in [2.75, 3.05) is 18.9 Å². The summed E-state index contributed by atoms with van der Waals surface area (Å²) in [4.78, 5) is 17.2. The predicted molar refractivity (Wildman–Crippen MR) is 77.2 cm³/mol. The number of carbonyl (C=O) groups excluding carboxylic acids is 1. The maximum absolute atomic E-state index is 12.8. The lowest BCUT2D eigenvalue weighted by Crippen LogP contribution is -2.34. The Labute approximate surface area is 122 Å². The minimum atomic E-state index is -0.879. The smallest absolute Gasteiger partial charge is 0.321 e. The summed E-state index contributed by atoms with van der Waals surface area (Å²) in [6.07, 6.45) is 2.26. The minimum Gasteiger partial charge on any atom is -0.387 e. The number of likely N-dealkylation sites (N-methyl/N-ethyl adjacent to an activating group) is 1. The highest BCUT2D eigenvalue weighted by Crippen LogP contribution is 2.15. The van der Waals surface area contributed by atoms with E-state index in [0.29, 0.717) is 11.3 Å². The molecule has 1 aromatic heterocycles. The number of urea groups is 1. The topological polar surface area (TPSA) is 65.5 Å². The Morgan fingerprint density at radius 2 is 2.10 bits per heavy atom. The summed E-state index contributed by atoms with van der Waals surface area (Å²) in [5.41, 5.74) is 1.13. The Kier molecular flexibility index (Phi) is 4.84. The van der Waals surface area contributed by atoms with Gasteiger partial charge < -0.3 is 15.3 Å². The third-order valence-corrected chi connectivity index (χ3v) is 2.96. The van der Waals surface area contributed by atoms with Crippen molar-refractivity contribution in [3.05, 3.63) is 60.2 Å². The molecule has 2 amide bonds. The summed E-state index contributed by atoms with van der Waals surface area (Å²) in [6.45, 7) is 0.0950. The number of rotatable bonds is 4. The first-order chi connectivity index (χ1) is 10.1. The predicted octanol–water partition coefficient (Wildman–Crippen LogP) is 2.42. The average molecular weight is 289 g/mol. The summed E-state index contributed by atoms with van der Waals surface area (Å²) in [6, 6.07) is 8.60. The van der Waals surface area contributed by atoms with Crippen LogP contribution in [0, 0.1) is 5.82 Å². The molecule has 0 saturated carbocycles. The first kappa shape index (κ1) is 14.9. The van der Waals surface area contributed by atoms with Crippen LogP contribution < -0.4 is 5.32 Å². The van der Waals surface area contributed by atoms with Crippen molar-refractivity contribution in [3.63, 3.8) is 0 Å². The number of nitrogens with zero attached hydrogens (tertiary/aromatic N) is 2. The molecule has 0 aliphatic heterocycles. The molecule has 0 saturated heterocycles. The number of nitrogens with one attached hydrogen (secondary N) is 1. The molecule has 1 heterocycles. The highest BCUT2D eigenvalue weighted by molar-refractivity contribution is 5.88. The van der Waals surface area contributed by atoms with Gasteiger partial charge in [0.1, 0.15) is 5.82 Å². The summed E-state index contributed by atoms with van der Waals surface area (Å²) in [5.74, 6) is -0.367. The van der Waals surface area contributed by atoms with Gasteiger partial charge in [0.25, 0.3) is 0 Å². The van der Waals surface area contributed by atoms with Crippen molar-refractivity contribution in [2.24, 2.45) is 0 Å². The largest absolute Gasteiger partial charge is 0.387 e. The van der Waals surface area contributed by atoms with Gasteiger partial charge in [-0.1, -0.05) is 12.1 Å². The molecule has 2 aromatic rings. The Morgan fingerprint density at radius 1 is 1.38 bits per heavy atom. The Morgan fingerprint density at radius 3 is 2.71 bits per heavy atom. The van der Waals surface area contributed by atoms with Crippen molar-refractivity contribution < 1.29 is 14.3 Å². The van der Waals surface area contributed by atoms with Crippen molar-refractivity contribution in [3.8, 4) is 0 Å². The second kappa shape index (κ2) is 6.81. The number of carbonyl (C=O) groups is 1. The number of aliphatic hydroxyl groups is 1. The van der Waals surface area contributed by atoms with Crippen LogP contribution in [0.5, 0.6) is 0 Å². The Balaban J connectivity index is 1.92. The quantitative estimate of drug-likeness (QED) is 0.908. The van der Waals surface area contributed by atoms with Gasteiger partial charge in [-0.15, -0.1) is 0 Å². The minimum absolute atomic E-state index is 0.0950. The third-order valence-electron chi connectivity index (χ3n) is 2.96. The van der Waals surface area contributed by atoms with Crippen molar-refractivity contribution in [2.45, 2.75) is 6.10 Å². The molecule has 5 nitrogen and oxygen atoms in total. The maximum atomic E-state index is 12.8. The summed E-state index contributed by atoms with van der Waals surface area (Å²) >= 11 is 0. The van der Waals surface area contributed by atoms with E-state index in [1.807, 2.05) is 0 Å². The molecule has 0 aliphatic rings. The van der Waals surface area contributed by atoms with E-state index in [1.54, 1.807) is 25.4 Å². The molecule has 2 rings (SSSR count). The molecule has 0 radical (unpaired) electrons. The lowest BCUT2D eigenvalue weighted by molar-refractivity contribution is 0.136. The number of hydrogen-bond donors (Lipinski definition) is 2. The summed E-state index contributed by atoms with van der Waals surface area (Å²) < 4.78 is 12.8. The van der Waals surface area contributed by atoms with Crippen LogP contribution in [0.3, 0.4) is 0 Å². The highest BCUT2D eigenvalue weighted by Gasteiger charge is 2.15. The molecule has 110 valence electrons. The van der Waals surface area contributed by atoms with Gasteiger partial charge in [-0.25, -0.2) is 9.18 Å². The van der Waals surface area contributed by atoms with Crippen LogP contribution in [0.2, 0.25) is 0 Å². The second-order valence-corrected chi connectivity index (χ2v) is 4.62. The number of anilines is 1. The lowest BCUT2D eigenvalue weighted by Gasteiger charge is -2.21. The fraction of sp³-hybridized carbons (Fsp3) is 0.200. The van der Waals surface area contributed by atoms with Crippen LogP contribution in [0.1, 0.15) is 11.7 Å². The molecule has 0 spiro atoms. The second-order valence-electron chi connectivity index (χ2n) is 4.62. The molecule has 0 fully saturated rings. The molecular formula is C15H16FN3O2. The lowest BCUT2D eigenvalue weighted by atomic mass is 10.1. The SMILES string of the molecule is CN(C[C@H](O)c1ccc(F)cc1)C(=O)Nc1cccnc1. The molecular weight excluding hydrogens is 273 g/mol. The normalized spacial score (nSPS) is 11.8. The molecule has 0 bridgehead atoms. The van der Waals surface area contributed by atoms with E-state index in [0.717, 1.165) is 0 Å². The number of aliphatic hydroxyl groups excluding tert-OH is 1. The van der Waals surface area contributed by atoms with Crippen LogP contribution >= 0.6 is 0 Å². The number of amides is 2. The molecule has 6 heteroatoms. The van der Waals surface area contributed by atoms with E-state index < -0.39 is 6.10 Å². The number of aromatic nitrogens is 1. The van der Waals surface area contributed by atoms with Gasteiger partial charge in [-0.05, 0) is 29.8 Å². The summed E-state index contributed by atoms with van der Waals surface area (Å²) in [5, 5.41) is 12.7. The molecule has 1 aromatic carbocycles. The number of pyridine rings is 1. The van der Waals surface area contributed by atoms with Crippen molar-refractivity contribution in [1.29, 1.82) is 0 Å². The van der Waals surface area contributed by atoms with Crippen LogP contribution in [0.25, 0.3) is 0 Å². The van der Waals surface area contributed by atoms with E-state index in [2.05, 4.69) is 10.3 Å². The molecule has 0 aliphatic carbocycles.